The van der Waals surface area contributed by atoms with Crippen molar-refractivity contribution in [2.75, 3.05) is 5.32 Å². The van der Waals surface area contributed by atoms with Gasteiger partial charge in [0.15, 0.2) is 0 Å². The van der Waals surface area contributed by atoms with Crippen molar-refractivity contribution in [2.45, 2.75) is 6.42 Å². The summed E-state index contributed by atoms with van der Waals surface area (Å²) in [6.45, 7) is 0. The predicted molar refractivity (Wildman–Crippen MR) is 91.1 cm³/mol. The predicted octanol–water partition coefficient (Wildman–Crippen LogP) is 3.40. The molecule has 1 aromatic heterocycles. The second-order valence-electron chi connectivity index (χ2n) is 5.54. The third kappa shape index (κ3) is 3.92. The van der Waals surface area contributed by atoms with Crippen LogP contribution in [0.3, 0.4) is 0 Å². The van der Waals surface area contributed by atoms with Crippen LogP contribution in [-0.2, 0) is 6.42 Å². The molecule has 0 unspecified atom stereocenters. The van der Waals surface area contributed by atoms with Gasteiger partial charge < -0.3 is 5.11 Å². The van der Waals surface area contributed by atoms with Crippen LogP contribution in [0.5, 0.6) is 0 Å². The molecule has 1 heterocycles. The van der Waals surface area contributed by atoms with E-state index >= 15 is 0 Å². The van der Waals surface area contributed by atoms with Gasteiger partial charge in [0.25, 0.3) is 0 Å². The Bertz CT molecular complexity index is 1010. The quantitative estimate of drug-likeness (QED) is 0.667. The van der Waals surface area contributed by atoms with Crippen LogP contribution in [0.2, 0.25) is 0 Å². The number of aromatic nitrogens is 2. The van der Waals surface area contributed by atoms with Gasteiger partial charge in [0.1, 0.15) is 17.3 Å². The number of hydrogen-bond donors (Lipinski definition) is 3. The maximum Gasteiger partial charge on any atom is 0.409 e. The molecule has 1 amide bonds. The molecule has 0 saturated heterocycles. The molecule has 3 aromatic rings. The molecule has 0 aliphatic rings. The van der Waals surface area contributed by atoms with Crippen molar-refractivity contribution in [1.82, 2.24) is 10.2 Å². The van der Waals surface area contributed by atoms with Crippen LogP contribution >= 0.6 is 0 Å². The summed E-state index contributed by atoms with van der Waals surface area (Å²) < 4.78 is 26.8. The number of halogens is 2. The normalized spacial score (nSPS) is 10.5. The third-order valence-electron chi connectivity index (χ3n) is 3.64. The van der Waals surface area contributed by atoms with Crippen LogP contribution in [0.15, 0.2) is 53.5 Å². The second-order valence-corrected chi connectivity index (χ2v) is 5.54. The van der Waals surface area contributed by atoms with Gasteiger partial charge in [0.2, 0.25) is 5.43 Å². The number of hydrogen-bond acceptors (Lipinski definition) is 3. The van der Waals surface area contributed by atoms with Gasteiger partial charge in [-0.2, -0.15) is 5.10 Å². The van der Waals surface area contributed by atoms with Crippen molar-refractivity contribution in [1.29, 1.82) is 0 Å². The minimum absolute atomic E-state index is 0.0909. The largest absolute Gasteiger partial charge is 0.465 e. The Kier molecular flexibility index (Phi) is 4.74. The number of nitrogens with zero attached hydrogens (tertiary/aromatic N) is 1. The lowest BCUT2D eigenvalue weighted by Crippen LogP contribution is -2.16. The van der Waals surface area contributed by atoms with Gasteiger partial charge in [0, 0.05) is 29.9 Å². The maximum atomic E-state index is 13.4. The first-order valence-electron chi connectivity index (χ1n) is 7.54. The van der Waals surface area contributed by atoms with Crippen LogP contribution in [0.1, 0.15) is 11.3 Å². The lowest BCUT2D eigenvalue weighted by atomic mass is 10.0. The molecular formula is C18H13F2N3O3. The van der Waals surface area contributed by atoms with Gasteiger partial charge in [-0.1, -0.05) is 12.1 Å². The summed E-state index contributed by atoms with van der Waals surface area (Å²) in [5.74, 6) is -1.57. The van der Waals surface area contributed by atoms with Gasteiger partial charge in [-0.25, -0.2) is 13.6 Å². The van der Waals surface area contributed by atoms with E-state index in [4.69, 9.17) is 5.11 Å². The van der Waals surface area contributed by atoms with E-state index < -0.39 is 23.2 Å². The molecule has 8 heteroatoms. The number of carbonyl (C=O) groups is 1. The highest BCUT2D eigenvalue weighted by Crippen LogP contribution is 2.19. The summed E-state index contributed by atoms with van der Waals surface area (Å²) in [6, 6.07) is 9.35. The Morgan fingerprint density at radius 3 is 2.58 bits per heavy atom. The first-order chi connectivity index (χ1) is 12.4. The van der Waals surface area contributed by atoms with Crippen molar-refractivity contribution in [2.24, 2.45) is 0 Å². The highest BCUT2D eigenvalue weighted by molar-refractivity contribution is 5.82. The average Bonchev–Trinajstić information content (AvgIpc) is 2.55. The number of amides is 1. The fraction of sp³-hybridized carbons (Fsp3) is 0.0556. The second kappa shape index (κ2) is 7.14. The molecule has 0 fully saturated rings. The smallest absolute Gasteiger partial charge is 0.409 e. The molecule has 6 nitrogen and oxygen atoms in total. The molecule has 2 aromatic carbocycles. The number of anilines is 1. The lowest BCUT2D eigenvalue weighted by molar-refractivity contribution is 0.209. The zero-order valence-corrected chi connectivity index (χ0v) is 13.3. The molecule has 0 bridgehead atoms. The summed E-state index contributed by atoms with van der Waals surface area (Å²) in [5, 5.41) is 17.5. The molecule has 0 saturated carbocycles. The molecule has 26 heavy (non-hydrogen) atoms. The molecule has 0 atom stereocenters. The van der Waals surface area contributed by atoms with Crippen molar-refractivity contribution in [3.05, 3.63) is 81.8 Å². The summed E-state index contributed by atoms with van der Waals surface area (Å²) in [5.41, 5.74) is 0.874. The number of nitrogens with one attached hydrogen (secondary N) is 2. The number of benzene rings is 2. The van der Waals surface area contributed by atoms with E-state index in [0.29, 0.717) is 11.3 Å². The third-order valence-corrected chi connectivity index (χ3v) is 3.64. The summed E-state index contributed by atoms with van der Waals surface area (Å²) in [6.07, 6.45) is 0.201. The number of rotatable bonds is 4. The molecule has 3 N–H and O–H groups in total. The van der Waals surface area contributed by atoms with Crippen molar-refractivity contribution in [3.8, 4) is 11.1 Å². The number of H-pyrrole nitrogens is 1. The van der Waals surface area contributed by atoms with Crippen molar-refractivity contribution in [3.63, 3.8) is 0 Å². The van der Waals surface area contributed by atoms with Gasteiger partial charge in [-0.05, 0) is 35.4 Å². The van der Waals surface area contributed by atoms with Crippen LogP contribution < -0.4 is 10.7 Å². The van der Waals surface area contributed by atoms with E-state index in [1.165, 1.54) is 6.20 Å². The molecule has 0 spiro atoms. The van der Waals surface area contributed by atoms with Crippen molar-refractivity contribution >= 4 is 11.8 Å². The van der Waals surface area contributed by atoms with Crippen LogP contribution in [-0.4, -0.2) is 21.4 Å². The van der Waals surface area contributed by atoms with Gasteiger partial charge in [0.05, 0.1) is 0 Å². The SMILES string of the molecule is O=C(O)Nc1cccc(Cc2n[nH]cc(-c3cc(F)cc(F)c3)c2=O)c1. The van der Waals surface area contributed by atoms with Gasteiger partial charge in [-0.3, -0.25) is 15.2 Å². The topological polar surface area (TPSA) is 95.1 Å². The van der Waals surface area contributed by atoms with E-state index in [0.717, 1.165) is 18.2 Å². The molecule has 132 valence electrons. The molecule has 3 rings (SSSR count). The minimum Gasteiger partial charge on any atom is -0.465 e. The first kappa shape index (κ1) is 17.3. The molecule has 0 aliphatic heterocycles. The fourth-order valence-electron chi connectivity index (χ4n) is 2.57. The Balaban J connectivity index is 1.95. The zero-order chi connectivity index (χ0) is 18.7. The monoisotopic (exact) mass is 357 g/mol. The Morgan fingerprint density at radius 1 is 1.15 bits per heavy atom. The first-order valence-corrected chi connectivity index (χ1v) is 7.54. The van der Waals surface area contributed by atoms with Crippen LogP contribution in [0.4, 0.5) is 19.3 Å². The molecule has 0 aliphatic carbocycles. The summed E-state index contributed by atoms with van der Waals surface area (Å²) in [7, 11) is 0. The minimum atomic E-state index is -1.20. The Hall–Kier alpha value is -3.55. The van der Waals surface area contributed by atoms with E-state index in [1.807, 2.05) is 0 Å². The highest BCUT2D eigenvalue weighted by atomic mass is 19.1. The van der Waals surface area contributed by atoms with Gasteiger partial charge in [-0.15, -0.1) is 0 Å². The van der Waals surface area contributed by atoms with E-state index in [1.54, 1.807) is 24.3 Å². The Labute approximate surface area is 146 Å². The fourth-order valence-corrected chi connectivity index (χ4v) is 2.57. The van der Waals surface area contributed by atoms with E-state index in [2.05, 4.69) is 15.5 Å². The highest BCUT2D eigenvalue weighted by Gasteiger charge is 2.12. The van der Waals surface area contributed by atoms with Crippen LogP contribution in [0, 0.1) is 11.6 Å². The van der Waals surface area contributed by atoms with E-state index in [-0.39, 0.29) is 23.2 Å². The Morgan fingerprint density at radius 2 is 1.88 bits per heavy atom. The maximum absolute atomic E-state index is 13.4. The zero-order valence-electron chi connectivity index (χ0n) is 13.3. The number of carboxylic acid groups (broad SMARTS) is 1. The standard InChI is InChI=1S/C18H13F2N3O3/c19-12-6-11(7-13(20)8-12)15-9-21-23-16(17(15)24)5-10-2-1-3-14(4-10)22-18(25)26/h1-4,6-9,22H,5H2,(H,21,24)(H,25,26). The summed E-state index contributed by atoms with van der Waals surface area (Å²) >= 11 is 0. The summed E-state index contributed by atoms with van der Waals surface area (Å²) in [4.78, 5) is 23.3. The molecular weight excluding hydrogens is 344 g/mol. The van der Waals surface area contributed by atoms with Crippen molar-refractivity contribution < 1.29 is 18.7 Å². The molecule has 0 radical (unpaired) electrons. The van der Waals surface area contributed by atoms with Crippen LogP contribution in [0.25, 0.3) is 11.1 Å². The number of aromatic amines is 1. The lowest BCUT2D eigenvalue weighted by Gasteiger charge is -2.06. The van der Waals surface area contributed by atoms with E-state index in [9.17, 15) is 18.4 Å². The van der Waals surface area contributed by atoms with Gasteiger partial charge >= 0.3 is 6.09 Å². The average molecular weight is 357 g/mol.